The Hall–Kier alpha value is -2.66. The van der Waals surface area contributed by atoms with Crippen molar-refractivity contribution in [2.75, 3.05) is 6.61 Å². The molecule has 2 aromatic carbocycles. The van der Waals surface area contributed by atoms with Gasteiger partial charge in [0.25, 0.3) is 0 Å². The molecule has 3 aromatic rings. The predicted molar refractivity (Wildman–Crippen MR) is 104 cm³/mol. The van der Waals surface area contributed by atoms with Crippen LogP contribution in [0.5, 0.6) is 5.75 Å². The van der Waals surface area contributed by atoms with Crippen LogP contribution < -0.4 is 4.74 Å². The second kappa shape index (κ2) is 8.63. The average Bonchev–Trinajstić information content (AvgIpc) is 3.01. The van der Waals surface area contributed by atoms with E-state index in [1.165, 1.54) is 16.9 Å². The fourth-order valence-electron chi connectivity index (χ4n) is 2.70. The molecule has 0 aliphatic heterocycles. The number of aromatic nitrogens is 1. The molecule has 5 heteroatoms. The van der Waals surface area contributed by atoms with E-state index in [1.54, 1.807) is 0 Å². The van der Waals surface area contributed by atoms with Crippen LogP contribution in [0.3, 0.4) is 0 Å². The maximum atomic E-state index is 11.2. The molecule has 0 spiro atoms. The normalized spacial score (nSPS) is 10.7. The summed E-state index contributed by atoms with van der Waals surface area (Å²) in [5, 5.41) is 10.1. The Balaban J connectivity index is 1.64. The van der Waals surface area contributed by atoms with Crippen LogP contribution in [0.25, 0.3) is 11.3 Å². The van der Waals surface area contributed by atoms with Gasteiger partial charge >= 0.3 is 5.97 Å². The van der Waals surface area contributed by atoms with Gasteiger partial charge in [-0.25, -0.2) is 4.98 Å². The molecule has 0 aliphatic rings. The van der Waals surface area contributed by atoms with Crippen molar-refractivity contribution >= 4 is 17.3 Å². The van der Waals surface area contributed by atoms with Crippen LogP contribution in [0.1, 0.15) is 21.9 Å². The molecule has 0 atom stereocenters. The summed E-state index contributed by atoms with van der Waals surface area (Å²) in [4.78, 5) is 16.7. The Morgan fingerprint density at radius 2 is 1.96 bits per heavy atom. The number of rotatable bonds is 8. The first-order valence-corrected chi connectivity index (χ1v) is 9.39. The van der Waals surface area contributed by atoms with E-state index in [0.717, 1.165) is 39.7 Å². The first kappa shape index (κ1) is 18.1. The van der Waals surface area contributed by atoms with Crippen molar-refractivity contribution < 1.29 is 14.6 Å². The van der Waals surface area contributed by atoms with Gasteiger partial charge in [0, 0.05) is 16.9 Å². The van der Waals surface area contributed by atoms with Gasteiger partial charge in [-0.2, -0.15) is 0 Å². The Labute approximate surface area is 157 Å². The Morgan fingerprint density at radius 3 is 2.69 bits per heavy atom. The molecule has 1 N–H and O–H groups in total. The summed E-state index contributed by atoms with van der Waals surface area (Å²) in [5.74, 6) is 0.0424. The van der Waals surface area contributed by atoms with Crippen molar-refractivity contribution in [3.63, 3.8) is 0 Å². The van der Waals surface area contributed by atoms with Crippen LogP contribution in [-0.2, 0) is 17.6 Å². The predicted octanol–water partition coefficient (Wildman–Crippen LogP) is 4.76. The highest BCUT2D eigenvalue weighted by Gasteiger charge is 2.15. The highest BCUT2D eigenvalue weighted by molar-refractivity contribution is 7.12. The standard InChI is InChI=1S/C21H21NO3S/c1-15-7-5-10-17(13-15)25-12-6-11-19-22-21(16-8-3-2-4-9-16)18(26-19)14-20(23)24/h2-5,7-10,13H,6,11-12,14H2,1H3,(H,23,24). The Morgan fingerprint density at radius 1 is 1.15 bits per heavy atom. The molecule has 0 unspecified atom stereocenters. The van der Waals surface area contributed by atoms with Crippen LogP contribution in [0, 0.1) is 6.92 Å². The number of aryl methyl sites for hydroxylation is 2. The number of nitrogens with zero attached hydrogens (tertiary/aromatic N) is 1. The maximum absolute atomic E-state index is 11.2. The lowest BCUT2D eigenvalue weighted by Gasteiger charge is -2.05. The molecule has 134 valence electrons. The fraction of sp³-hybridized carbons (Fsp3) is 0.238. The van der Waals surface area contributed by atoms with Crippen molar-refractivity contribution in [1.82, 2.24) is 4.98 Å². The van der Waals surface area contributed by atoms with Crippen molar-refractivity contribution in [2.45, 2.75) is 26.2 Å². The van der Waals surface area contributed by atoms with Gasteiger partial charge in [0.1, 0.15) is 5.75 Å². The number of carbonyl (C=O) groups is 1. The van der Waals surface area contributed by atoms with Gasteiger partial charge in [0.05, 0.1) is 23.7 Å². The Bertz CT molecular complexity index is 874. The lowest BCUT2D eigenvalue weighted by Crippen LogP contribution is -1.99. The number of ether oxygens (including phenoxy) is 1. The molecule has 0 radical (unpaired) electrons. The molecule has 0 saturated carbocycles. The highest BCUT2D eigenvalue weighted by atomic mass is 32.1. The van der Waals surface area contributed by atoms with Crippen LogP contribution in [0.4, 0.5) is 0 Å². The zero-order valence-electron chi connectivity index (χ0n) is 14.6. The molecule has 0 aliphatic carbocycles. The zero-order valence-corrected chi connectivity index (χ0v) is 15.5. The molecular formula is C21H21NO3S. The summed E-state index contributed by atoms with van der Waals surface area (Å²) >= 11 is 1.48. The van der Waals surface area contributed by atoms with Crippen LogP contribution in [0.2, 0.25) is 0 Å². The topological polar surface area (TPSA) is 59.4 Å². The molecule has 0 bridgehead atoms. The summed E-state index contributed by atoms with van der Waals surface area (Å²) in [7, 11) is 0. The summed E-state index contributed by atoms with van der Waals surface area (Å²) in [6.07, 6.45) is 1.61. The van der Waals surface area contributed by atoms with E-state index in [1.807, 2.05) is 61.5 Å². The second-order valence-corrected chi connectivity index (χ2v) is 7.25. The molecular weight excluding hydrogens is 346 g/mol. The molecule has 0 amide bonds. The largest absolute Gasteiger partial charge is 0.494 e. The van der Waals surface area contributed by atoms with E-state index in [-0.39, 0.29) is 6.42 Å². The van der Waals surface area contributed by atoms with E-state index in [0.29, 0.717) is 6.61 Å². The molecule has 26 heavy (non-hydrogen) atoms. The van der Waals surface area contributed by atoms with E-state index in [2.05, 4.69) is 0 Å². The smallest absolute Gasteiger partial charge is 0.308 e. The van der Waals surface area contributed by atoms with Gasteiger partial charge in [0.2, 0.25) is 0 Å². The molecule has 0 saturated heterocycles. The summed E-state index contributed by atoms with van der Waals surface area (Å²) in [5.41, 5.74) is 2.92. The van der Waals surface area contributed by atoms with Crippen LogP contribution in [0.15, 0.2) is 54.6 Å². The minimum absolute atomic E-state index is 0.00167. The minimum atomic E-state index is -0.833. The number of hydrogen-bond acceptors (Lipinski definition) is 4. The third-order valence-corrected chi connectivity index (χ3v) is 5.01. The highest BCUT2D eigenvalue weighted by Crippen LogP contribution is 2.29. The lowest BCUT2D eigenvalue weighted by molar-refractivity contribution is -0.136. The monoisotopic (exact) mass is 367 g/mol. The van der Waals surface area contributed by atoms with Crippen molar-refractivity contribution in [3.8, 4) is 17.0 Å². The average molecular weight is 367 g/mol. The molecule has 1 heterocycles. The van der Waals surface area contributed by atoms with Gasteiger partial charge in [0.15, 0.2) is 0 Å². The van der Waals surface area contributed by atoms with Gasteiger partial charge in [-0.3, -0.25) is 4.79 Å². The quantitative estimate of drug-likeness (QED) is 0.583. The first-order valence-electron chi connectivity index (χ1n) is 8.57. The number of carboxylic acid groups (broad SMARTS) is 1. The first-order chi connectivity index (χ1) is 12.6. The molecule has 4 nitrogen and oxygen atoms in total. The number of benzene rings is 2. The van der Waals surface area contributed by atoms with Crippen molar-refractivity contribution in [1.29, 1.82) is 0 Å². The summed E-state index contributed by atoms with van der Waals surface area (Å²) < 4.78 is 5.78. The van der Waals surface area contributed by atoms with E-state index >= 15 is 0 Å². The zero-order chi connectivity index (χ0) is 18.4. The minimum Gasteiger partial charge on any atom is -0.494 e. The van der Waals surface area contributed by atoms with Crippen LogP contribution in [-0.4, -0.2) is 22.7 Å². The van der Waals surface area contributed by atoms with Gasteiger partial charge in [-0.15, -0.1) is 11.3 Å². The van der Waals surface area contributed by atoms with Gasteiger partial charge < -0.3 is 9.84 Å². The number of thiazole rings is 1. The second-order valence-electron chi connectivity index (χ2n) is 6.08. The number of carboxylic acids is 1. The SMILES string of the molecule is Cc1cccc(OCCCc2nc(-c3ccccc3)c(CC(=O)O)s2)c1. The summed E-state index contributed by atoms with van der Waals surface area (Å²) in [6.45, 7) is 2.65. The van der Waals surface area contributed by atoms with Crippen molar-refractivity contribution in [2.24, 2.45) is 0 Å². The third-order valence-electron chi connectivity index (χ3n) is 3.89. The van der Waals surface area contributed by atoms with E-state index in [4.69, 9.17) is 14.8 Å². The molecule has 1 aromatic heterocycles. The van der Waals surface area contributed by atoms with E-state index < -0.39 is 5.97 Å². The third kappa shape index (κ3) is 4.92. The maximum Gasteiger partial charge on any atom is 0.308 e. The number of aliphatic carboxylic acids is 1. The molecule has 3 rings (SSSR count). The summed E-state index contributed by atoms with van der Waals surface area (Å²) in [6, 6.07) is 17.7. The Kier molecular flexibility index (Phi) is 6.02. The fourth-order valence-corrected chi connectivity index (χ4v) is 3.83. The number of hydrogen-bond donors (Lipinski definition) is 1. The lowest BCUT2D eigenvalue weighted by atomic mass is 10.1. The van der Waals surface area contributed by atoms with Crippen molar-refractivity contribution in [3.05, 3.63) is 70.0 Å². The van der Waals surface area contributed by atoms with E-state index in [9.17, 15) is 4.79 Å². The van der Waals surface area contributed by atoms with Crippen LogP contribution >= 0.6 is 11.3 Å². The van der Waals surface area contributed by atoms with Gasteiger partial charge in [-0.1, -0.05) is 42.5 Å². The molecule has 0 fully saturated rings. The van der Waals surface area contributed by atoms with Gasteiger partial charge in [-0.05, 0) is 31.0 Å².